The SMILES string of the molecule is NC(=O)C1CCCN1C(=O)c1cn[nH]c1N. The van der Waals surface area contributed by atoms with E-state index in [-0.39, 0.29) is 17.3 Å². The van der Waals surface area contributed by atoms with Gasteiger partial charge < -0.3 is 16.4 Å². The van der Waals surface area contributed by atoms with Crippen molar-refractivity contribution >= 4 is 17.6 Å². The van der Waals surface area contributed by atoms with Crippen LogP contribution < -0.4 is 11.5 Å². The molecular weight excluding hydrogens is 210 g/mol. The number of H-pyrrole nitrogens is 1. The van der Waals surface area contributed by atoms with Gasteiger partial charge in [-0.15, -0.1) is 0 Å². The molecule has 86 valence electrons. The molecule has 1 fully saturated rings. The first-order valence-corrected chi connectivity index (χ1v) is 5.00. The zero-order valence-electron chi connectivity index (χ0n) is 8.64. The number of aromatic nitrogens is 2. The van der Waals surface area contributed by atoms with E-state index in [0.29, 0.717) is 13.0 Å². The highest BCUT2D eigenvalue weighted by molar-refractivity contribution is 6.00. The fourth-order valence-corrected chi connectivity index (χ4v) is 1.93. The molecular formula is C9H13N5O2. The second-order valence-corrected chi connectivity index (χ2v) is 3.76. The van der Waals surface area contributed by atoms with Crippen LogP contribution in [-0.2, 0) is 4.79 Å². The number of carbonyl (C=O) groups excluding carboxylic acids is 2. The molecule has 0 radical (unpaired) electrons. The van der Waals surface area contributed by atoms with Gasteiger partial charge in [-0.1, -0.05) is 0 Å². The predicted molar refractivity (Wildman–Crippen MR) is 56.3 cm³/mol. The molecule has 2 amide bonds. The maximum atomic E-state index is 12.0. The number of primary amides is 1. The van der Waals surface area contributed by atoms with E-state index >= 15 is 0 Å². The van der Waals surface area contributed by atoms with Gasteiger partial charge in [0.25, 0.3) is 5.91 Å². The number of carbonyl (C=O) groups is 2. The van der Waals surface area contributed by atoms with Gasteiger partial charge in [0.2, 0.25) is 5.91 Å². The van der Waals surface area contributed by atoms with E-state index in [1.165, 1.54) is 11.1 Å². The van der Waals surface area contributed by atoms with Crippen molar-refractivity contribution in [3.63, 3.8) is 0 Å². The molecule has 7 nitrogen and oxygen atoms in total. The topological polar surface area (TPSA) is 118 Å². The number of anilines is 1. The molecule has 0 bridgehead atoms. The average molecular weight is 223 g/mol. The van der Waals surface area contributed by atoms with Crippen LogP contribution in [0.2, 0.25) is 0 Å². The van der Waals surface area contributed by atoms with Gasteiger partial charge >= 0.3 is 0 Å². The Labute approximate surface area is 91.8 Å². The Hall–Kier alpha value is -2.05. The number of hydrogen-bond donors (Lipinski definition) is 3. The first-order valence-electron chi connectivity index (χ1n) is 5.00. The van der Waals surface area contributed by atoms with Crippen molar-refractivity contribution in [1.82, 2.24) is 15.1 Å². The Kier molecular flexibility index (Phi) is 2.51. The molecule has 5 N–H and O–H groups in total. The summed E-state index contributed by atoms with van der Waals surface area (Å²) in [5.74, 6) is -0.569. The quantitative estimate of drug-likeness (QED) is 0.600. The molecule has 2 heterocycles. The van der Waals surface area contributed by atoms with E-state index in [4.69, 9.17) is 11.5 Å². The van der Waals surface area contributed by atoms with Crippen molar-refractivity contribution in [3.8, 4) is 0 Å². The van der Waals surface area contributed by atoms with E-state index in [2.05, 4.69) is 10.2 Å². The van der Waals surface area contributed by atoms with E-state index < -0.39 is 11.9 Å². The lowest BCUT2D eigenvalue weighted by atomic mass is 10.2. The summed E-state index contributed by atoms with van der Waals surface area (Å²) in [5.41, 5.74) is 11.1. The molecule has 0 spiro atoms. The first-order chi connectivity index (χ1) is 7.61. The zero-order valence-corrected chi connectivity index (χ0v) is 8.64. The monoisotopic (exact) mass is 223 g/mol. The third kappa shape index (κ3) is 1.60. The maximum absolute atomic E-state index is 12.0. The molecule has 1 unspecified atom stereocenters. The molecule has 1 aromatic heterocycles. The largest absolute Gasteiger partial charge is 0.383 e. The molecule has 1 saturated heterocycles. The van der Waals surface area contributed by atoms with Gasteiger partial charge in [-0.2, -0.15) is 5.10 Å². The molecule has 0 aliphatic carbocycles. The summed E-state index contributed by atoms with van der Waals surface area (Å²) >= 11 is 0. The Morgan fingerprint density at radius 1 is 1.56 bits per heavy atom. The van der Waals surface area contributed by atoms with Crippen LogP contribution in [0, 0.1) is 0 Å². The number of rotatable bonds is 2. The lowest BCUT2D eigenvalue weighted by Crippen LogP contribution is -2.43. The fraction of sp³-hybridized carbons (Fsp3) is 0.444. The summed E-state index contributed by atoms with van der Waals surface area (Å²) in [7, 11) is 0. The molecule has 0 saturated carbocycles. The van der Waals surface area contributed by atoms with Crippen molar-refractivity contribution in [2.75, 3.05) is 12.3 Å². The molecule has 1 aromatic rings. The van der Waals surface area contributed by atoms with E-state index in [1.54, 1.807) is 0 Å². The molecule has 2 rings (SSSR count). The molecule has 16 heavy (non-hydrogen) atoms. The van der Waals surface area contributed by atoms with Crippen LogP contribution in [0.15, 0.2) is 6.20 Å². The molecule has 7 heteroatoms. The number of nitrogens with one attached hydrogen (secondary N) is 1. The van der Waals surface area contributed by atoms with Gasteiger partial charge in [0.1, 0.15) is 17.4 Å². The maximum Gasteiger partial charge on any atom is 0.259 e. The van der Waals surface area contributed by atoms with Crippen molar-refractivity contribution in [2.24, 2.45) is 5.73 Å². The van der Waals surface area contributed by atoms with Gasteiger partial charge in [0, 0.05) is 6.54 Å². The summed E-state index contributed by atoms with van der Waals surface area (Å²) in [4.78, 5) is 24.6. The number of nitrogens with two attached hydrogens (primary N) is 2. The summed E-state index contributed by atoms with van der Waals surface area (Å²) in [5, 5.41) is 6.15. The van der Waals surface area contributed by atoms with E-state index in [9.17, 15) is 9.59 Å². The van der Waals surface area contributed by atoms with Crippen LogP contribution in [0.1, 0.15) is 23.2 Å². The summed E-state index contributed by atoms with van der Waals surface area (Å²) in [6, 6.07) is -0.526. The number of aromatic amines is 1. The first kappa shape index (κ1) is 10.5. The van der Waals surface area contributed by atoms with Crippen molar-refractivity contribution in [3.05, 3.63) is 11.8 Å². The Morgan fingerprint density at radius 3 is 2.88 bits per heavy atom. The minimum absolute atomic E-state index is 0.208. The van der Waals surface area contributed by atoms with Crippen LogP contribution in [-0.4, -0.2) is 39.5 Å². The molecule has 1 atom stereocenters. The van der Waals surface area contributed by atoms with E-state index in [1.807, 2.05) is 0 Å². The molecule has 1 aliphatic heterocycles. The standard InChI is InChI=1S/C9H13N5O2/c10-7-5(4-12-13-7)9(16)14-3-1-2-6(14)8(11)15/h4,6H,1-3H2,(H2,11,15)(H3,10,12,13). The van der Waals surface area contributed by atoms with Crippen molar-refractivity contribution < 1.29 is 9.59 Å². The van der Waals surface area contributed by atoms with Gasteiger partial charge in [-0.05, 0) is 12.8 Å². The highest BCUT2D eigenvalue weighted by Gasteiger charge is 2.34. The third-order valence-electron chi connectivity index (χ3n) is 2.74. The highest BCUT2D eigenvalue weighted by Crippen LogP contribution is 2.21. The highest BCUT2D eigenvalue weighted by atomic mass is 16.2. The minimum atomic E-state index is -0.526. The lowest BCUT2D eigenvalue weighted by molar-refractivity contribution is -0.121. The second-order valence-electron chi connectivity index (χ2n) is 3.76. The third-order valence-corrected chi connectivity index (χ3v) is 2.74. The Bertz CT molecular complexity index is 427. The number of hydrogen-bond acceptors (Lipinski definition) is 4. The number of nitrogens with zero attached hydrogens (tertiary/aromatic N) is 2. The predicted octanol–water partition coefficient (Wildman–Crippen LogP) is -0.918. The summed E-state index contributed by atoms with van der Waals surface area (Å²) in [6.45, 7) is 0.525. The smallest absolute Gasteiger partial charge is 0.259 e. The van der Waals surface area contributed by atoms with Gasteiger partial charge in [0.05, 0.1) is 6.20 Å². The van der Waals surface area contributed by atoms with Crippen LogP contribution in [0.4, 0.5) is 5.82 Å². The number of amides is 2. The van der Waals surface area contributed by atoms with Gasteiger partial charge in [-0.3, -0.25) is 14.7 Å². The Balaban J connectivity index is 2.22. The zero-order chi connectivity index (χ0) is 11.7. The van der Waals surface area contributed by atoms with Crippen molar-refractivity contribution in [1.29, 1.82) is 0 Å². The average Bonchev–Trinajstić information content (AvgIpc) is 2.84. The molecule has 0 aromatic carbocycles. The normalized spacial score (nSPS) is 20.0. The van der Waals surface area contributed by atoms with Crippen molar-refractivity contribution in [2.45, 2.75) is 18.9 Å². The second kappa shape index (κ2) is 3.84. The van der Waals surface area contributed by atoms with E-state index in [0.717, 1.165) is 6.42 Å². The minimum Gasteiger partial charge on any atom is -0.383 e. The van der Waals surface area contributed by atoms with Crippen LogP contribution in [0.5, 0.6) is 0 Å². The summed E-state index contributed by atoms with van der Waals surface area (Å²) in [6.07, 6.45) is 2.74. The summed E-state index contributed by atoms with van der Waals surface area (Å²) < 4.78 is 0. The fourth-order valence-electron chi connectivity index (χ4n) is 1.93. The number of likely N-dealkylation sites (tertiary alicyclic amines) is 1. The lowest BCUT2D eigenvalue weighted by Gasteiger charge is -2.21. The van der Waals surface area contributed by atoms with Crippen LogP contribution >= 0.6 is 0 Å². The molecule has 1 aliphatic rings. The van der Waals surface area contributed by atoms with Crippen LogP contribution in [0.25, 0.3) is 0 Å². The Morgan fingerprint density at radius 2 is 2.31 bits per heavy atom. The number of nitrogen functional groups attached to an aromatic ring is 1. The van der Waals surface area contributed by atoms with Crippen LogP contribution in [0.3, 0.4) is 0 Å². The van der Waals surface area contributed by atoms with Gasteiger partial charge in [-0.25, -0.2) is 0 Å². The van der Waals surface area contributed by atoms with Gasteiger partial charge in [0.15, 0.2) is 0 Å².